The molecule has 3 rings (SSSR count). The number of ether oxygens (including phenoxy) is 1. The molecule has 17 heteroatoms. The van der Waals surface area contributed by atoms with E-state index in [1.165, 1.54) is 25.1 Å². The zero-order valence-corrected chi connectivity index (χ0v) is 30.7. The zero-order valence-electron chi connectivity index (χ0n) is 30.0. The van der Waals surface area contributed by atoms with Gasteiger partial charge in [0, 0.05) is 30.7 Å². The van der Waals surface area contributed by atoms with Gasteiger partial charge in [-0.15, -0.1) is 0 Å². The number of esters is 1. The van der Waals surface area contributed by atoms with E-state index in [1.54, 1.807) is 51.1 Å². The number of carbonyl (C=O) groups is 6. The van der Waals surface area contributed by atoms with Crippen molar-refractivity contribution in [1.82, 2.24) is 21.1 Å². The number of nitrogens with one attached hydrogen (secondary N) is 3. The number of rotatable bonds is 12. The first kappa shape index (κ1) is 44.3. The zero-order chi connectivity index (χ0) is 40.6. The molecule has 1 unspecified atom stereocenters. The van der Waals surface area contributed by atoms with Crippen molar-refractivity contribution in [3.05, 3.63) is 112 Å². The Hall–Kier alpha value is -5.90. The fraction of sp³-hybridized carbons (Fsp3) is 0.297. The van der Waals surface area contributed by atoms with E-state index >= 15 is 0 Å². The second-order valence-electron chi connectivity index (χ2n) is 12.7. The first-order valence-corrected chi connectivity index (χ1v) is 16.7. The van der Waals surface area contributed by atoms with Crippen LogP contribution in [0.4, 0.5) is 18.9 Å². The van der Waals surface area contributed by atoms with Crippen molar-refractivity contribution in [1.29, 1.82) is 0 Å². The number of nitrogen functional groups attached to an aromatic ring is 1. The Morgan fingerprint density at radius 3 is 2.17 bits per heavy atom. The minimum Gasteiger partial charge on any atom is -0.465 e. The highest BCUT2D eigenvalue weighted by Crippen LogP contribution is 2.31. The van der Waals surface area contributed by atoms with E-state index in [9.17, 15) is 41.9 Å². The van der Waals surface area contributed by atoms with Crippen molar-refractivity contribution in [2.24, 2.45) is 11.1 Å². The van der Waals surface area contributed by atoms with Crippen molar-refractivity contribution >= 4 is 52.8 Å². The second kappa shape index (κ2) is 20.4. The van der Waals surface area contributed by atoms with Gasteiger partial charge < -0.3 is 26.8 Å². The van der Waals surface area contributed by atoms with Crippen molar-refractivity contribution in [2.75, 3.05) is 18.9 Å². The molecule has 5 amide bonds. The number of hydrogen-bond acceptors (Lipinski definition) is 8. The number of nitrogens with two attached hydrogens (primary N) is 2. The molecule has 0 aliphatic heterocycles. The number of hydrazine groups is 1. The minimum atomic E-state index is -4.73. The van der Waals surface area contributed by atoms with Crippen LogP contribution in [0, 0.1) is 5.41 Å². The third-order valence-electron chi connectivity index (χ3n) is 6.88. The lowest BCUT2D eigenvalue weighted by atomic mass is 9.91. The van der Waals surface area contributed by atoms with Crippen molar-refractivity contribution in [2.45, 2.75) is 52.9 Å². The van der Waals surface area contributed by atoms with Gasteiger partial charge in [0.1, 0.15) is 12.6 Å². The summed E-state index contributed by atoms with van der Waals surface area (Å²) >= 11 is 5.63. The second-order valence-corrected chi connectivity index (χ2v) is 13.1. The fourth-order valence-electron chi connectivity index (χ4n) is 4.36. The van der Waals surface area contributed by atoms with Crippen LogP contribution in [0.2, 0.25) is 5.02 Å². The van der Waals surface area contributed by atoms with Gasteiger partial charge in [0.15, 0.2) is 0 Å². The van der Waals surface area contributed by atoms with Crippen LogP contribution in [0.3, 0.4) is 0 Å². The molecule has 0 aliphatic carbocycles. The van der Waals surface area contributed by atoms with E-state index in [1.807, 2.05) is 6.07 Å². The molecule has 3 aromatic rings. The molecule has 7 N–H and O–H groups in total. The molecule has 0 saturated carbocycles. The molecule has 0 heterocycles. The van der Waals surface area contributed by atoms with Crippen LogP contribution in [0.15, 0.2) is 84.9 Å². The van der Waals surface area contributed by atoms with Gasteiger partial charge in [-0.25, -0.2) is 5.01 Å². The predicted octanol–water partition coefficient (Wildman–Crippen LogP) is 4.62. The largest absolute Gasteiger partial charge is 0.465 e. The monoisotopic (exact) mass is 774 g/mol. The number of halogens is 4. The Labute approximate surface area is 315 Å². The van der Waals surface area contributed by atoms with Gasteiger partial charge in [0.2, 0.25) is 17.7 Å². The highest BCUT2D eigenvalue weighted by Gasteiger charge is 2.33. The Bertz CT molecular complexity index is 1830. The van der Waals surface area contributed by atoms with E-state index < -0.39 is 65.2 Å². The van der Waals surface area contributed by atoms with Crippen LogP contribution in [0.25, 0.3) is 0 Å². The molecular formula is C37H42ClF3N6O7. The molecular weight excluding hydrogens is 733 g/mol. The van der Waals surface area contributed by atoms with Crippen LogP contribution in [0.5, 0.6) is 0 Å². The summed E-state index contributed by atoms with van der Waals surface area (Å²) in [4.78, 5) is 74.1. The van der Waals surface area contributed by atoms with Gasteiger partial charge >= 0.3 is 12.1 Å². The lowest BCUT2D eigenvalue weighted by Gasteiger charge is -2.26. The Balaban J connectivity index is 0.000000780. The normalized spacial score (nSPS) is 11.7. The van der Waals surface area contributed by atoms with Crippen LogP contribution >= 0.6 is 11.6 Å². The molecule has 0 saturated heterocycles. The van der Waals surface area contributed by atoms with Crippen LogP contribution in [-0.4, -0.2) is 53.7 Å². The van der Waals surface area contributed by atoms with E-state index in [0.717, 1.165) is 29.8 Å². The van der Waals surface area contributed by atoms with Gasteiger partial charge in [-0.1, -0.05) is 74.8 Å². The average molecular weight is 775 g/mol. The van der Waals surface area contributed by atoms with Crippen molar-refractivity contribution in [3.8, 4) is 0 Å². The molecule has 13 nitrogen and oxygen atoms in total. The highest BCUT2D eigenvalue weighted by atomic mass is 35.5. The van der Waals surface area contributed by atoms with Gasteiger partial charge in [-0.3, -0.25) is 34.2 Å². The molecule has 54 heavy (non-hydrogen) atoms. The Morgan fingerprint density at radius 1 is 0.926 bits per heavy atom. The van der Waals surface area contributed by atoms with Crippen LogP contribution in [0.1, 0.15) is 67.2 Å². The number of nitrogens with zero attached hydrogens (tertiary/aromatic N) is 1. The number of hydrogen-bond donors (Lipinski definition) is 5. The first-order chi connectivity index (χ1) is 25.2. The third kappa shape index (κ3) is 15.8. The van der Waals surface area contributed by atoms with E-state index in [4.69, 9.17) is 27.8 Å². The van der Waals surface area contributed by atoms with E-state index in [-0.39, 0.29) is 25.1 Å². The molecule has 0 spiro atoms. The van der Waals surface area contributed by atoms with Gasteiger partial charge in [-0.2, -0.15) is 13.2 Å². The summed E-state index contributed by atoms with van der Waals surface area (Å²) in [5.74, 6) is -4.82. The lowest BCUT2D eigenvalue weighted by molar-refractivity contribution is -0.152. The smallest absolute Gasteiger partial charge is 0.416 e. The maximum absolute atomic E-state index is 13.4. The minimum absolute atomic E-state index is 0.0394. The molecule has 0 aliphatic rings. The van der Waals surface area contributed by atoms with E-state index in [2.05, 4.69) is 16.1 Å². The summed E-state index contributed by atoms with van der Waals surface area (Å²) in [5.41, 5.74) is 12.4. The van der Waals surface area contributed by atoms with Crippen LogP contribution in [-0.2, 0) is 41.4 Å². The van der Waals surface area contributed by atoms with Gasteiger partial charge in [0.25, 0.3) is 11.8 Å². The quantitative estimate of drug-likeness (QED) is 0.0759. The molecule has 1 atom stereocenters. The van der Waals surface area contributed by atoms with Crippen molar-refractivity contribution < 1.29 is 46.7 Å². The highest BCUT2D eigenvalue weighted by molar-refractivity contribution is 6.33. The fourth-order valence-corrected chi connectivity index (χ4v) is 4.54. The molecule has 0 radical (unpaired) electrons. The van der Waals surface area contributed by atoms with Gasteiger partial charge in [-0.05, 0) is 53.8 Å². The van der Waals surface area contributed by atoms with Crippen LogP contribution < -0.4 is 27.5 Å². The maximum atomic E-state index is 13.4. The summed E-state index contributed by atoms with van der Waals surface area (Å²) in [5, 5.41) is 5.88. The number of amides is 5. The summed E-state index contributed by atoms with van der Waals surface area (Å²) in [7, 11) is 0. The summed E-state index contributed by atoms with van der Waals surface area (Å²) in [6.07, 6.45) is -3.10. The molecule has 290 valence electrons. The molecule has 0 aromatic heterocycles. The topological polar surface area (TPSA) is 203 Å². The summed E-state index contributed by atoms with van der Waals surface area (Å²) in [6, 6.07) is 15.6. The predicted molar refractivity (Wildman–Crippen MR) is 195 cm³/mol. The SMILES string of the molecule is CCOC(=O)CN(NC(=O)C(NC(=O)CC(C)(C)C)c1cccc(C(F)(F)F)c1)C(=O)/C=C/C(=O)NCc1ccccc1.NC(=O)c1ccc(N)c(Cl)c1. The Morgan fingerprint density at radius 2 is 1.59 bits per heavy atom. The lowest BCUT2D eigenvalue weighted by Crippen LogP contribution is -2.52. The number of anilines is 1. The van der Waals surface area contributed by atoms with E-state index in [0.29, 0.717) is 27.3 Å². The number of carbonyl (C=O) groups excluding carboxylic acids is 6. The molecule has 3 aromatic carbocycles. The standard InChI is InChI=1S/C30H35F3N4O6.C7H7ClN2O/c1-5-43-26(41)19-37(25(40)15-14-23(38)34-18-20-10-7-6-8-11-20)36-28(42)27(35-24(39)17-29(2,3)4)21-12-9-13-22(16-21)30(31,32)33;8-5-3-4(7(10)11)1-2-6(5)9/h6-16,27H,5,17-19H2,1-4H3,(H,34,38)(H,35,39)(H,36,42);1-3H,9H2,(H2,10,11)/b15-14+;. The van der Waals surface area contributed by atoms with Gasteiger partial charge in [0.05, 0.1) is 22.9 Å². The van der Waals surface area contributed by atoms with Crippen molar-refractivity contribution in [3.63, 3.8) is 0 Å². The summed E-state index contributed by atoms with van der Waals surface area (Å²) in [6.45, 7) is 6.14. The first-order valence-electron chi connectivity index (χ1n) is 16.3. The number of primary amides is 1. The molecule has 0 bridgehead atoms. The third-order valence-corrected chi connectivity index (χ3v) is 7.21. The average Bonchev–Trinajstić information content (AvgIpc) is 3.09. The molecule has 0 fully saturated rings. The summed E-state index contributed by atoms with van der Waals surface area (Å²) < 4.78 is 45.1. The Kier molecular flexibility index (Phi) is 16.7. The number of benzene rings is 3. The maximum Gasteiger partial charge on any atom is 0.416 e. The number of alkyl halides is 3.